The lowest BCUT2D eigenvalue weighted by Gasteiger charge is -2.09. The minimum atomic E-state index is -0.638. The zero-order chi connectivity index (χ0) is 20.1. The summed E-state index contributed by atoms with van der Waals surface area (Å²) in [5, 5.41) is 26.6. The monoisotopic (exact) mass is 376 g/mol. The Morgan fingerprint density at radius 3 is 2.64 bits per heavy atom. The topological polar surface area (TPSA) is 144 Å². The molecule has 10 nitrogen and oxygen atoms in total. The van der Waals surface area contributed by atoms with Crippen molar-refractivity contribution in [2.75, 3.05) is 5.32 Å². The van der Waals surface area contributed by atoms with Crippen molar-refractivity contribution in [3.8, 4) is 17.3 Å². The summed E-state index contributed by atoms with van der Waals surface area (Å²) in [6, 6.07) is 11.5. The van der Waals surface area contributed by atoms with Crippen LogP contribution in [0.3, 0.4) is 0 Å². The van der Waals surface area contributed by atoms with Crippen LogP contribution < -0.4 is 10.9 Å². The fourth-order valence-electron chi connectivity index (χ4n) is 2.41. The number of pyridine rings is 1. The Kier molecular flexibility index (Phi) is 5.18. The van der Waals surface area contributed by atoms with Crippen LogP contribution in [-0.4, -0.2) is 25.6 Å². The molecule has 1 amide bonds. The average molecular weight is 376 g/mol. The van der Waals surface area contributed by atoms with E-state index in [0.717, 1.165) is 16.3 Å². The number of hydrogen-bond acceptors (Lipinski definition) is 7. The number of nitrogens with zero attached hydrogens (tertiary/aromatic N) is 5. The van der Waals surface area contributed by atoms with Crippen LogP contribution in [0.1, 0.15) is 5.56 Å². The van der Waals surface area contributed by atoms with Gasteiger partial charge in [-0.15, -0.1) is 0 Å². The smallest absolute Gasteiger partial charge is 0.270 e. The van der Waals surface area contributed by atoms with Crippen LogP contribution in [0.5, 0.6) is 0 Å². The van der Waals surface area contributed by atoms with E-state index in [1.54, 1.807) is 30.6 Å². The predicted molar refractivity (Wildman–Crippen MR) is 98.2 cm³/mol. The Bertz CT molecular complexity index is 1150. The average Bonchev–Trinajstić information content (AvgIpc) is 2.70. The molecule has 0 aliphatic carbocycles. The number of carbonyl (C=O) groups excluding carboxylic acids is 1. The summed E-state index contributed by atoms with van der Waals surface area (Å²) in [5.41, 5.74) is 0.522. The van der Waals surface area contributed by atoms with Gasteiger partial charge in [-0.3, -0.25) is 24.7 Å². The maximum absolute atomic E-state index is 12.3. The molecular formula is C18H12N6O4. The fourth-order valence-corrected chi connectivity index (χ4v) is 2.41. The molecule has 3 rings (SSSR count). The van der Waals surface area contributed by atoms with Gasteiger partial charge in [-0.2, -0.15) is 10.4 Å². The van der Waals surface area contributed by atoms with Crippen LogP contribution in [0.25, 0.3) is 11.3 Å². The third kappa shape index (κ3) is 4.05. The van der Waals surface area contributed by atoms with E-state index in [-0.39, 0.29) is 23.5 Å². The maximum Gasteiger partial charge on any atom is 0.270 e. The third-order valence-electron chi connectivity index (χ3n) is 3.74. The highest BCUT2D eigenvalue weighted by Gasteiger charge is 2.14. The minimum Gasteiger partial charge on any atom is -0.323 e. The van der Waals surface area contributed by atoms with Crippen LogP contribution >= 0.6 is 0 Å². The number of nitro benzene ring substituents is 1. The summed E-state index contributed by atoms with van der Waals surface area (Å²) in [6.07, 6.45) is 3.16. The molecule has 0 saturated heterocycles. The van der Waals surface area contributed by atoms with Gasteiger partial charge in [-0.1, -0.05) is 0 Å². The second-order valence-electron chi connectivity index (χ2n) is 5.60. The molecule has 10 heteroatoms. The van der Waals surface area contributed by atoms with E-state index in [4.69, 9.17) is 5.26 Å². The van der Waals surface area contributed by atoms with Crippen molar-refractivity contribution >= 4 is 17.3 Å². The molecule has 0 saturated carbocycles. The number of aromatic nitrogens is 3. The molecule has 0 spiro atoms. The molecule has 2 aromatic heterocycles. The third-order valence-corrected chi connectivity index (χ3v) is 3.74. The van der Waals surface area contributed by atoms with Crippen LogP contribution in [0.2, 0.25) is 0 Å². The summed E-state index contributed by atoms with van der Waals surface area (Å²) in [5.74, 6) is -0.605. The lowest BCUT2D eigenvalue weighted by Crippen LogP contribution is -2.29. The molecule has 1 N–H and O–H groups in total. The second kappa shape index (κ2) is 7.88. The first-order valence-electron chi connectivity index (χ1n) is 7.95. The number of nitro groups is 1. The van der Waals surface area contributed by atoms with Crippen molar-refractivity contribution in [3.63, 3.8) is 0 Å². The van der Waals surface area contributed by atoms with Gasteiger partial charge in [0.15, 0.2) is 0 Å². The van der Waals surface area contributed by atoms with E-state index in [0.29, 0.717) is 5.69 Å². The molecule has 2 heterocycles. The Morgan fingerprint density at radius 1 is 1.21 bits per heavy atom. The fraction of sp³-hybridized carbons (Fsp3) is 0.0556. The van der Waals surface area contributed by atoms with Gasteiger partial charge in [0.25, 0.3) is 11.2 Å². The highest BCUT2D eigenvalue weighted by atomic mass is 16.6. The number of nitrogens with one attached hydrogen (secondary N) is 1. The van der Waals surface area contributed by atoms with Crippen LogP contribution in [-0.2, 0) is 11.3 Å². The number of rotatable bonds is 5. The zero-order valence-electron chi connectivity index (χ0n) is 14.3. The standard InChI is InChI=1S/C18H12N6O4/c19-10-13-9-14(24(27)28)1-2-15(13)21-17(25)11-23-18(26)4-3-16(22-23)12-5-7-20-8-6-12/h1-9H,11H2,(H,21,25). The van der Waals surface area contributed by atoms with Crippen LogP contribution in [0.15, 0.2) is 59.7 Å². The highest BCUT2D eigenvalue weighted by Crippen LogP contribution is 2.21. The molecule has 0 atom stereocenters. The van der Waals surface area contributed by atoms with Gasteiger partial charge in [0.1, 0.15) is 12.6 Å². The molecule has 0 fully saturated rings. The Balaban J connectivity index is 1.82. The van der Waals surface area contributed by atoms with Gasteiger partial charge in [0, 0.05) is 36.2 Å². The van der Waals surface area contributed by atoms with Crippen molar-refractivity contribution in [2.24, 2.45) is 0 Å². The first-order chi connectivity index (χ1) is 13.5. The van der Waals surface area contributed by atoms with Gasteiger partial charge < -0.3 is 5.32 Å². The molecular weight excluding hydrogens is 364 g/mol. The first-order valence-corrected chi connectivity index (χ1v) is 7.95. The largest absolute Gasteiger partial charge is 0.323 e. The van der Waals surface area contributed by atoms with Crippen molar-refractivity contribution in [2.45, 2.75) is 6.54 Å². The number of amides is 1. The lowest BCUT2D eigenvalue weighted by atomic mass is 10.1. The summed E-state index contributed by atoms with van der Waals surface area (Å²) in [6.45, 7) is -0.389. The molecule has 0 unspecified atom stereocenters. The molecule has 0 bridgehead atoms. The Morgan fingerprint density at radius 2 is 1.96 bits per heavy atom. The molecule has 1 aromatic carbocycles. The number of anilines is 1. The summed E-state index contributed by atoms with van der Waals surface area (Å²) in [4.78, 5) is 38.4. The van der Waals surface area contributed by atoms with Crippen LogP contribution in [0, 0.1) is 21.4 Å². The van der Waals surface area contributed by atoms with E-state index in [1.807, 2.05) is 0 Å². The summed E-state index contributed by atoms with van der Waals surface area (Å²) in [7, 11) is 0. The summed E-state index contributed by atoms with van der Waals surface area (Å²) >= 11 is 0. The number of carbonyl (C=O) groups is 1. The molecule has 3 aromatic rings. The van der Waals surface area contributed by atoms with E-state index < -0.39 is 16.4 Å². The molecule has 0 aliphatic heterocycles. The van der Waals surface area contributed by atoms with E-state index in [9.17, 15) is 19.7 Å². The second-order valence-corrected chi connectivity index (χ2v) is 5.60. The van der Waals surface area contributed by atoms with Crippen molar-refractivity contribution < 1.29 is 9.72 Å². The Labute approximate surface area is 157 Å². The number of benzene rings is 1. The Hall–Kier alpha value is -4.39. The van der Waals surface area contributed by atoms with Gasteiger partial charge in [-0.05, 0) is 24.3 Å². The van der Waals surface area contributed by atoms with Crippen molar-refractivity contribution in [1.82, 2.24) is 14.8 Å². The SMILES string of the molecule is N#Cc1cc([N+](=O)[O-])ccc1NC(=O)Cn1nc(-c2ccncc2)ccc1=O. The van der Waals surface area contributed by atoms with Gasteiger partial charge >= 0.3 is 0 Å². The zero-order valence-corrected chi connectivity index (χ0v) is 14.3. The lowest BCUT2D eigenvalue weighted by molar-refractivity contribution is -0.384. The van der Waals surface area contributed by atoms with E-state index in [1.165, 1.54) is 24.3 Å². The van der Waals surface area contributed by atoms with Gasteiger partial charge in [0.2, 0.25) is 5.91 Å². The quantitative estimate of drug-likeness (QED) is 0.527. The highest BCUT2D eigenvalue weighted by molar-refractivity contribution is 5.92. The van der Waals surface area contributed by atoms with Crippen molar-refractivity contribution in [3.05, 3.63) is 80.9 Å². The molecule has 138 valence electrons. The molecule has 28 heavy (non-hydrogen) atoms. The number of nitriles is 1. The molecule has 0 aliphatic rings. The van der Waals surface area contributed by atoms with E-state index in [2.05, 4.69) is 15.4 Å². The van der Waals surface area contributed by atoms with Crippen LogP contribution in [0.4, 0.5) is 11.4 Å². The summed E-state index contributed by atoms with van der Waals surface area (Å²) < 4.78 is 0.989. The maximum atomic E-state index is 12.3. The number of non-ortho nitro benzene ring substituents is 1. The normalized spacial score (nSPS) is 10.1. The van der Waals surface area contributed by atoms with Crippen molar-refractivity contribution in [1.29, 1.82) is 5.26 Å². The van der Waals surface area contributed by atoms with E-state index >= 15 is 0 Å². The minimum absolute atomic E-state index is 0.0617. The molecule has 0 radical (unpaired) electrons. The number of hydrogen-bond donors (Lipinski definition) is 1. The van der Waals surface area contributed by atoms with Gasteiger partial charge in [-0.25, -0.2) is 4.68 Å². The van der Waals surface area contributed by atoms with Gasteiger partial charge in [0.05, 0.1) is 21.9 Å². The first kappa shape index (κ1) is 18.4. The predicted octanol–water partition coefficient (Wildman–Crippen LogP) is 1.72.